The summed E-state index contributed by atoms with van der Waals surface area (Å²) >= 11 is 0. The van der Waals surface area contributed by atoms with E-state index in [4.69, 9.17) is 4.98 Å². The number of carbonyl (C=O) groups excluding carboxylic acids is 2. The van der Waals surface area contributed by atoms with E-state index < -0.39 is 6.10 Å². The van der Waals surface area contributed by atoms with Crippen LogP contribution < -0.4 is 20.9 Å². The Hall–Kier alpha value is -3.44. The molecule has 0 saturated carbocycles. The standard InChI is InChI=1S/C28H39N7O4/c1-18(36)34-11-7-21(8-12-34)31-26-15-24(32-28(33-26)35-9-3-2-4-10-35)27(39)30-17-25(38)23-14-19-5-6-22(37)13-20(19)16-29-23/h5-6,13,15,21,23,25,29,37-38H,2-4,7-12,14,16-17H2,1H3,(H,30,39)(H,31,32,33)/t23-,25?/m0/s1. The first-order valence-corrected chi connectivity index (χ1v) is 14.0. The van der Waals surface area contributed by atoms with Crippen LogP contribution in [0.5, 0.6) is 5.75 Å². The molecule has 1 aromatic carbocycles. The molecule has 11 heteroatoms. The molecule has 2 aromatic rings. The summed E-state index contributed by atoms with van der Waals surface area (Å²) < 4.78 is 0. The monoisotopic (exact) mass is 537 g/mol. The van der Waals surface area contributed by atoms with Crippen molar-refractivity contribution >= 4 is 23.6 Å². The van der Waals surface area contributed by atoms with Gasteiger partial charge in [-0.15, -0.1) is 0 Å². The van der Waals surface area contributed by atoms with E-state index in [2.05, 4.69) is 25.8 Å². The molecule has 0 aliphatic carbocycles. The molecule has 0 bridgehead atoms. The van der Waals surface area contributed by atoms with Gasteiger partial charge in [0.2, 0.25) is 11.9 Å². The van der Waals surface area contributed by atoms with E-state index in [1.807, 2.05) is 11.0 Å². The molecule has 3 aliphatic heterocycles. The molecule has 11 nitrogen and oxygen atoms in total. The molecule has 2 atom stereocenters. The van der Waals surface area contributed by atoms with Crippen molar-refractivity contribution in [1.82, 2.24) is 25.5 Å². The molecule has 210 valence electrons. The van der Waals surface area contributed by atoms with E-state index >= 15 is 0 Å². The Balaban J connectivity index is 1.24. The molecule has 2 fully saturated rings. The zero-order valence-corrected chi connectivity index (χ0v) is 22.5. The first-order valence-electron chi connectivity index (χ1n) is 14.0. The number of amides is 2. The van der Waals surface area contributed by atoms with Gasteiger partial charge in [0, 0.05) is 64.3 Å². The average molecular weight is 538 g/mol. The number of likely N-dealkylation sites (tertiary alicyclic amines) is 1. The van der Waals surface area contributed by atoms with Gasteiger partial charge in [-0.25, -0.2) is 4.98 Å². The summed E-state index contributed by atoms with van der Waals surface area (Å²) in [7, 11) is 0. The van der Waals surface area contributed by atoms with Crippen LogP contribution in [0.4, 0.5) is 11.8 Å². The van der Waals surface area contributed by atoms with Gasteiger partial charge in [-0.05, 0) is 61.8 Å². The van der Waals surface area contributed by atoms with E-state index in [0.717, 1.165) is 49.9 Å². The largest absolute Gasteiger partial charge is 0.508 e. The van der Waals surface area contributed by atoms with Gasteiger partial charge in [-0.3, -0.25) is 9.59 Å². The Morgan fingerprint density at radius 1 is 1.08 bits per heavy atom. The van der Waals surface area contributed by atoms with Crippen molar-refractivity contribution in [3.05, 3.63) is 41.1 Å². The predicted octanol–water partition coefficient (Wildman–Crippen LogP) is 1.40. The average Bonchev–Trinajstić information content (AvgIpc) is 2.96. The number of carbonyl (C=O) groups is 2. The summed E-state index contributed by atoms with van der Waals surface area (Å²) in [6.45, 7) is 5.33. The quantitative estimate of drug-likeness (QED) is 0.354. The molecule has 5 rings (SSSR count). The number of phenolic OH excluding ortho intramolecular Hbond substituents is 1. The lowest BCUT2D eigenvalue weighted by molar-refractivity contribution is -0.129. The molecular weight excluding hydrogens is 498 g/mol. The molecule has 1 unspecified atom stereocenters. The van der Waals surface area contributed by atoms with Crippen LogP contribution in [0.25, 0.3) is 0 Å². The van der Waals surface area contributed by atoms with Crippen molar-refractivity contribution in [2.75, 3.05) is 42.9 Å². The molecule has 2 saturated heterocycles. The molecule has 4 heterocycles. The van der Waals surface area contributed by atoms with Gasteiger partial charge in [-0.2, -0.15) is 4.98 Å². The minimum Gasteiger partial charge on any atom is -0.508 e. The molecule has 1 aromatic heterocycles. The van der Waals surface area contributed by atoms with Gasteiger partial charge in [0.05, 0.1) is 6.10 Å². The molecule has 2 amide bonds. The first kappa shape index (κ1) is 27.1. The van der Waals surface area contributed by atoms with E-state index in [9.17, 15) is 19.8 Å². The second-order valence-electron chi connectivity index (χ2n) is 10.8. The van der Waals surface area contributed by atoms with Crippen LogP contribution in [-0.2, 0) is 17.8 Å². The highest BCUT2D eigenvalue weighted by molar-refractivity contribution is 5.93. The van der Waals surface area contributed by atoms with Gasteiger partial charge in [0.25, 0.3) is 5.91 Å². The molecule has 0 spiro atoms. The van der Waals surface area contributed by atoms with E-state index in [1.54, 1.807) is 25.1 Å². The minimum atomic E-state index is -0.789. The topological polar surface area (TPSA) is 143 Å². The number of piperidine rings is 2. The zero-order chi connectivity index (χ0) is 27.4. The number of benzene rings is 1. The van der Waals surface area contributed by atoms with Gasteiger partial charge in [0.1, 0.15) is 17.3 Å². The molecular formula is C28H39N7O4. The van der Waals surface area contributed by atoms with Gasteiger partial charge in [0.15, 0.2) is 0 Å². The fourth-order valence-corrected chi connectivity index (χ4v) is 5.64. The SMILES string of the molecule is CC(=O)N1CCC(Nc2cc(C(=O)NCC(O)[C@@H]3Cc4ccc(O)cc4CN3)nc(N3CCCCC3)n2)CC1. The number of hydrogen-bond donors (Lipinski definition) is 5. The molecule has 3 aliphatic rings. The number of fused-ring (bicyclic) bond motifs is 1. The zero-order valence-electron chi connectivity index (χ0n) is 22.5. The number of hydrogen-bond acceptors (Lipinski definition) is 9. The lowest BCUT2D eigenvalue weighted by Crippen LogP contribution is -2.49. The highest BCUT2D eigenvalue weighted by atomic mass is 16.3. The van der Waals surface area contributed by atoms with Gasteiger partial charge >= 0.3 is 0 Å². The van der Waals surface area contributed by atoms with E-state index in [1.165, 1.54) is 6.42 Å². The summed E-state index contributed by atoms with van der Waals surface area (Å²) in [5.41, 5.74) is 2.35. The maximum Gasteiger partial charge on any atom is 0.270 e. The maximum atomic E-state index is 13.2. The second kappa shape index (κ2) is 12.2. The van der Waals surface area contributed by atoms with Crippen molar-refractivity contribution in [2.24, 2.45) is 0 Å². The third-order valence-electron chi connectivity index (χ3n) is 8.00. The van der Waals surface area contributed by atoms with Crippen LogP contribution >= 0.6 is 0 Å². The summed E-state index contributed by atoms with van der Waals surface area (Å²) in [5, 5.41) is 30.2. The third-order valence-corrected chi connectivity index (χ3v) is 8.00. The van der Waals surface area contributed by atoms with Crippen LogP contribution in [0.2, 0.25) is 0 Å². The van der Waals surface area contributed by atoms with Gasteiger partial charge < -0.3 is 36.0 Å². The van der Waals surface area contributed by atoms with Crippen LogP contribution in [0, 0.1) is 0 Å². The van der Waals surface area contributed by atoms with Crippen molar-refractivity contribution in [2.45, 2.75) is 70.2 Å². The summed E-state index contributed by atoms with van der Waals surface area (Å²) in [6.07, 6.45) is 4.75. The third kappa shape index (κ3) is 6.77. The van der Waals surface area contributed by atoms with Crippen LogP contribution in [0.3, 0.4) is 0 Å². The highest BCUT2D eigenvalue weighted by Crippen LogP contribution is 2.23. The summed E-state index contributed by atoms with van der Waals surface area (Å²) in [4.78, 5) is 38.2. The number of aromatic nitrogens is 2. The van der Waals surface area contributed by atoms with Crippen LogP contribution in [0.1, 0.15) is 60.6 Å². The van der Waals surface area contributed by atoms with E-state index in [-0.39, 0.29) is 41.9 Å². The lowest BCUT2D eigenvalue weighted by Gasteiger charge is -2.32. The minimum absolute atomic E-state index is 0.0826. The Morgan fingerprint density at radius 3 is 2.59 bits per heavy atom. The fraction of sp³-hybridized carbons (Fsp3) is 0.571. The highest BCUT2D eigenvalue weighted by Gasteiger charge is 2.27. The van der Waals surface area contributed by atoms with Crippen molar-refractivity contribution in [3.63, 3.8) is 0 Å². The normalized spacial score (nSPS) is 20.7. The second-order valence-corrected chi connectivity index (χ2v) is 10.8. The number of nitrogens with one attached hydrogen (secondary N) is 3. The summed E-state index contributed by atoms with van der Waals surface area (Å²) in [6, 6.07) is 6.89. The number of anilines is 2. The number of aliphatic hydroxyl groups excluding tert-OH is 1. The molecule has 0 radical (unpaired) electrons. The van der Waals surface area contributed by atoms with Crippen molar-refractivity contribution in [3.8, 4) is 5.75 Å². The Bertz CT molecular complexity index is 1180. The smallest absolute Gasteiger partial charge is 0.270 e. The number of aromatic hydroxyl groups is 1. The number of rotatable bonds is 7. The maximum absolute atomic E-state index is 13.2. The number of phenols is 1. The van der Waals surface area contributed by atoms with Crippen LogP contribution in [-0.4, -0.2) is 87.8 Å². The molecule has 5 N–H and O–H groups in total. The lowest BCUT2D eigenvalue weighted by atomic mass is 9.92. The van der Waals surface area contributed by atoms with Gasteiger partial charge in [-0.1, -0.05) is 6.07 Å². The predicted molar refractivity (Wildman–Crippen MR) is 148 cm³/mol. The van der Waals surface area contributed by atoms with Crippen molar-refractivity contribution < 1.29 is 19.8 Å². The Morgan fingerprint density at radius 2 is 1.85 bits per heavy atom. The Kier molecular flexibility index (Phi) is 8.47. The number of aliphatic hydroxyl groups is 1. The Labute approximate surface area is 229 Å². The fourth-order valence-electron chi connectivity index (χ4n) is 5.64. The molecule has 39 heavy (non-hydrogen) atoms. The van der Waals surface area contributed by atoms with Crippen molar-refractivity contribution in [1.29, 1.82) is 0 Å². The van der Waals surface area contributed by atoms with E-state index in [0.29, 0.717) is 37.8 Å². The summed E-state index contributed by atoms with van der Waals surface area (Å²) in [5.74, 6) is 1.11. The van der Waals surface area contributed by atoms with Crippen LogP contribution in [0.15, 0.2) is 24.3 Å². The number of nitrogens with zero attached hydrogens (tertiary/aromatic N) is 4. The first-order chi connectivity index (χ1) is 18.9.